The maximum atomic E-state index is 11.8. The highest BCUT2D eigenvalue weighted by Crippen LogP contribution is 2.09. The highest BCUT2D eigenvalue weighted by molar-refractivity contribution is 5.99. The second kappa shape index (κ2) is 6.42. The topological polar surface area (TPSA) is 97.4 Å². The van der Waals surface area contributed by atoms with Gasteiger partial charge in [-0.1, -0.05) is 12.1 Å². The minimum atomic E-state index is -0.316. The molecule has 0 aliphatic heterocycles. The summed E-state index contributed by atoms with van der Waals surface area (Å²) in [5.41, 5.74) is 6.54. The number of carbonyl (C=O) groups is 2. The normalized spacial score (nSPS) is 10.0. The van der Waals surface area contributed by atoms with Crippen molar-refractivity contribution in [3.63, 3.8) is 0 Å². The number of hydrogen-bond donors (Lipinski definition) is 3. The van der Waals surface area contributed by atoms with Gasteiger partial charge in [-0.2, -0.15) is 0 Å². The lowest BCUT2D eigenvalue weighted by atomic mass is 10.1. The number of furan rings is 1. The van der Waals surface area contributed by atoms with E-state index in [4.69, 9.17) is 10.2 Å². The summed E-state index contributed by atoms with van der Waals surface area (Å²) in [7, 11) is 0. The van der Waals surface area contributed by atoms with E-state index in [1.165, 1.54) is 6.26 Å². The number of hydrogen-bond acceptors (Lipinski definition) is 4. The van der Waals surface area contributed by atoms with Crippen molar-refractivity contribution in [2.75, 3.05) is 18.8 Å². The molecular weight excluding hydrogens is 258 g/mol. The largest absolute Gasteiger partial charge is 0.459 e. The zero-order chi connectivity index (χ0) is 14.4. The third-order valence-electron chi connectivity index (χ3n) is 2.65. The van der Waals surface area contributed by atoms with Crippen LogP contribution in [-0.4, -0.2) is 24.9 Å². The van der Waals surface area contributed by atoms with Gasteiger partial charge in [0.1, 0.15) is 0 Å². The molecule has 6 heteroatoms. The molecular formula is C14H15N3O3. The molecule has 0 aliphatic rings. The molecule has 104 valence electrons. The van der Waals surface area contributed by atoms with E-state index in [2.05, 4.69) is 10.6 Å². The van der Waals surface area contributed by atoms with Crippen LogP contribution in [0.3, 0.4) is 0 Å². The SMILES string of the molecule is Nc1ccccc1C(=O)NCCNC(=O)c1ccco1. The Morgan fingerprint density at radius 3 is 2.35 bits per heavy atom. The summed E-state index contributed by atoms with van der Waals surface area (Å²) in [6.45, 7) is 0.609. The van der Waals surface area contributed by atoms with Crippen molar-refractivity contribution < 1.29 is 14.0 Å². The molecule has 0 radical (unpaired) electrons. The number of amides is 2. The summed E-state index contributed by atoms with van der Waals surface area (Å²) in [5, 5.41) is 5.30. The van der Waals surface area contributed by atoms with E-state index in [0.717, 1.165) is 0 Å². The fourth-order valence-corrected chi connectivity index (χ4v) is 1.65. The molecule has 0 fully saturated rings. The van der Waals surface area contributed by atoms with E-state index in [1.54, 1.807) is 36.4 Å². The van der Waals surface area contributed by atoms with Crippen LogP contribution in [0.25, 0.3) is 0 Å². The Labute approximate surface area is 116 Å². The summed E-state index contributed by atoms with van der Waals surface area (Å²) in [4.78, 5) is 23.4. The predicted octanol–water partition coefficient (Wildman–Crippen LogP) is 1.02. The number of nitrogen functional groups attached to an aromatic ring is 1. The molecule has 20 heavy (non-hydrogen) atoms. The molecule has 2 rings (SSSR count). The number of anilines is 1. The first-order valence-electron chi connectivity index (χ1n) is 6.13. The first-order chi connectivity index (χ1) is 9.68. The summed E-state index contributed by atoms with van der Waals surface area (Å²) >= 11 is 0. The van der Waals surface area contributed by atoms with Crippen molar-refractivity contribution in [3.05, 3.63) is 54.0 Å². The number of nitrogens with one attached hydrogen (secondary N) is 2. The highest BCUT2D eigenvalue weighted by Gasteiger charge is 2.09. The van der Waals surface area contributed by atoms with Crippen LogP contribution in [0.5, 0.6) is 0 Å². The molecule has 2 aromatic rings. The van der Waals surface area contributed by atoms with Gasteiger partial charge in [-0.05, 0) is 24.3 Å². The molecule has 0 saturated carbocycles. The summed E-state index contributed by atoms with van der Waals surface area (Å²) < 4.78 is 4.94. The van der Waals surface area contributed by atoms with Gasteiger partial charge in [-0.3, -0.25) is 9.59 Å². The Bertz CT molecular complexity index is 593. The molecule has 0 atom stereocenters. The monoisotopic (exact) mass is 273 g/mol. The molecule has 6 nitrogen and oxygen atoms in total. The predicted molar refractivity (Wildman–Crippen MR) is 74.2 cm³/mol. The molecule has 0 bridgehead atoms. The Morgan fingerprint density at radius 1 is 1.00 bits per heavy atom. The van der Waals surface area contributed by atoms with E-state index < -0.39 is 0 Å². The fraction of sp³-hybridized carbons (Fsp3) is 0.143. The number of rotatable bonds is 5. The van der Waals surface area contributed by atoms with Gasteiger partial charge in [0.2, 0.25) is 0 Å². The maximum absolute atomic E-state index is 11.8. The molecule has 4 N–H and O–H groups in total. The van der Waals surface area contributed by atoms with Crippen molar-refractivity contribution in [1.29, 1.82) is 0 Å². The van der Waals surface area contributed by atoms with Gasteiger partial charge in [-0.15, -0.1) is 0 Å². The van der Waals surface area contributed by atoms with Crippen molar-refractivity contribution >= 4 is 17.5 Å². The van der Waals surface area contributed by atoms with Crippen LogP contribution in [0, 0.1) is 0 Å². The average Bonchev–Trinajstić information content (AvgIpc) is 2.98. The molecule has 1 heterocycles. The molecule has 1 aromatic heterocycles. The van der Waals surface area contributed by atoms with Gasteiger partial charge < -0.3 is 20.8 Å². The molecule has 0 unspecified atom stereocenters. The molecule has 1 aromatic carbocycles. The molecule has 0 aliphatic carbocycles. The van der Waals surface area contributed by atoms with Gasteiger partial charge in [0.25, 0.3) is 11.8 Å². The van der Waals surface area contributed by atoms with E-state index >= 15 is 0 Å². The smallest absolute Gasteiger partial charge is 0.287 e. The van der Waals surface area contributed by atoms with E-state index in [9.17, 15) is 9.59 Å². The standard InChI is InChI=1S/C14H15N3O3/c15-11-5-2-1-4-10(11)13(18)16-7-8-17-14(19)12-6-3-9-20-12/h1-6,9H,7-8,15H2,(H,16,18)(H,17,19). The number of carbonyl (C=O) groups excluding carboxylic acids is 2. The second-order valence-electron chi connectivity index (χ2n) is 4.08. The molecule has 0 saturated heterocycles. The van der Waals surface area contributed by atoms with Crippen LogP contribution < -0.4 is 16.4 Å². The molecule has 0 spiro atoms. The minimum Gasteiger partial charge on any atom is -0.459 e. The van der Waals surface area contributed by atoms with Crippen LogP contribution >= 0.6 is 0 Å². The van der Waals surface area contributed by atoms with E-state index in [0.29, 0.717) is 24.3 Å². The Hall–Kier alpha value is -2.76. The fourth-order valence-electron chi connectivity index (χ4n) is 1.65. The van der Waals surface area contributed by atoms with Crippen molar-refractivity contribution in [2.24, 2.45) is 0 Å². The van der Waals surface area contributed by atoms with Crippen LogP contribution in [0.15, 0.2) is 47.1 Å². The Balaban J connectivity index is 1.75. The number of benzene rings is 1. The average molecular weight is 273 g/mol. The highest BCUT2D eigenvalue weighted by atomic mass is 16.3. The van der Waals surface area contributed by atoms with Crippen LogP contribution in [0.4, 0.5) is 5.69 Å². The lowest BCUT2D eigenvalue weighted by Gasteiger charge is -2.07. The van der Waals surface area contributed by atoms with Crippen LogP contribution in [0.2, 0.25) is 0 Å². The van der Waals surface area contributed by atoms with Gasteiger partial charge in [0, 0.05) is 18.8 Å². The minimum absolute atomic E-state index is 0.239. The third-order valence-corrected chi connectivity index (χ3v) is 2.65. The lowest BCUT2D eigenvalue weighted by molar-refractivity contribution is 0.0911. The maximum Gasteiger partial charge on any atom is 0.287 e. The van der Waals surface area contributed by atoms with Crippen LogP contribution in [0.1, 0.15) is 20.9 Å². The zero-order valence-corrected chi connectivity index (χ0v) is 10.8. The second-order valence-corrected chi connectivity index (χ2v) is 4.08. The van der Waals surface area contributed by atoms with Crippen molar-refractivity contribution in [2.45, 2.75) is 0 Å². The van der Waals surface area contributed by atoms with Crippen molar-refractivity contribution in [1.82, 2.24) is 10.6 Å². The number of nitrogens with two attached hydrogens (primary N) is 1. The zero-order valence-electron chi connectivity index (χ0n) is 10.8. The summed E-state index contributed by atoms with van der Waals surface area (Å²) in [6, 6.07) is 10.0. The Morgan fingerprint density at radius 2 is 1.70 bits per heavy atom. The van der Waals surface area contributed by atoms with Gasteiger partial charge in [0.05, 0.1) is 11.8 Å². The number of para-hydroxylation sites is 1. The first kappa shape index (κ1) is 13.7. The quantitative estimate of drug-likeness (QED) is 0.559. The first-order valence-corrected chi connectivity index (χ1v) is 6.13. The van der Waals surface area contributed by atoms with Gasteiger partial charge in [-0.25, -0.2) is 0 Å². The van der Waals surface area contributed by atoms with E-state index in [1.807, 2.05) is 0 Å². The van der Waals surface area contributed by atoms with Crippen molar-refractivity contribution in [3.8, 4) is 0 Å². The summed E-state index contributed by atoms with van der Waals surface area (Å²) in [5.74, 6) is -0.345. The van der Waals surface area contributed by atoms with Crippen LogP contribution in [-0.2, 0) is 0 Å². The third kappa shape index (κ3) is 3.38. The Kier molecular flexibility index (Phi) is 4.39. The molecule has 2 amide bonds. The lowest BCUT2D eigenvalue weighted by Crippen LogP contribution is -2.34. The van der Waals surface area contributed by atoms with Gasteiger partial charge in [0.15, 0.2) is 5.76 Å². The van der Waals surface area contributed by atoms with E-state index in [-0.39, 0.29) is 17.6 Å². The van der Waals surface area contributed by atoms with Gasteiger partial charge >= 0.3 is 0 Å². The summed E-state index contributed by atoms with van der Waals surface area (Å²) in [6.07, 6.45) is 1.43.